The summed E-state index contributed by atoms with van der Waals surface area (Å²) in [5.74, 6) is 1.67. The minimum absolute atomic E-state index is 0. The minimum Gasteiger partial charge on any atom is -0.497 e. The maximum atomic E-state index is 11.3. The van der Waals surface area contributed by atoms with E-state index in [2.05, 4.69) is 41.6 Å². The lowest BCUT2D eigenvalue weighted by molar-refractivity contribution is 0.414. The lowest BCUT2D eigenvalue weighted by Crippen LogP contribution is -2.46. The molecule has 1 rings (SSSR count). The molecule has 0 fully saturated rings. The quantitative estimate of drug-likeness (QED) is 0.328. The number of guanidine groups is 1. The van der Waals surface area contributed by atoms with Crippen LogP contribution in [-0.4, -0.2) is 53.1 Å². The second-order valence-corrected chi connectivity index (χ2v) is 9.26. The molecule has 0 saturated carbocycles. The molecular weight excluding hydrogens is 465 g/mol. The second kappa shape index (κ2) is 11.0. The third-order valence-corrected chi connectivity index (χ3v) is 5.07. The van der Waals surface area contributed by atoms with Crippen LogP contribution in [0.4, 0.5) is 0 Å². The number of rotatable bonds is 8. The van der Waals surface area contributed by atoms with Crippen molar-refractivity contribution in [1.29, 1.82) is 0 Å². The van der Waals surface area contributed by atoms with Crippen LogP contribution in [0.5, 0.6) is 5.75 Å². The highest BCUT2D eigenvalue weighted by atomic mass is 127. The molecule has 0 radical (unpaired) electrons. The average molecular weight is 497 g/mol. The van der Waals surface area contributed by atoms with Gasteiger partial charge < -0.3 is 15.4 Å². The number of methoxy groups -OCH3 is 1. The molecule has 0 aromatic heterocycles. The van der Waals surface area contributed by atoms with Gasteiger partial charge in [-0.05, 0) is 31.0 Å². The number of aliphatic imine (C=N–C) groups is 1. The Hall–Kier alpha value is -1.03. The van der Waals surface area contributed by atoms with Gasteiger partial charge in [0.2, 0.25) is 0 Å². The number of hydrogen-bond donors (Lipinski definition) is 2. The van der Waals surface area contributed by atoms with Crippen LogP contribution in [0.15, 0.2) is 29.3 Å². The summed E-state index contributed by atoms with van der Waals surface area (Å²) in [5.41, 5.74) is 1.10. The van der Waals surface area contributed by atoms with Crippen molar-refractivity contribution in [1.82, 2.24) is 10.6 Å². The van der Waals surface area contributed by atoms with Crippen molar-refractivity contribution in [2.75, 3.05) is 32.7 Å². The molecule has 0 saturated heterocycles. The van der Waals surface area contributed by atoms with E-state index in [0.29, 0.717) is 18.9 Å². The van der Waals surface area contributed by atoms with Crippen molar-refractivity contribution in [3.63, 3.8) is 0 Å². The predicted octanol–water partition coefficient (Wildman–Crippen LogP) is 2.58. The molecule has 150 valence electrons. The van der Waals surface area contributed by atoms with Crippen LogP contribution in [0.3, 0.4) is 0 Å². The molecule has 1 atom stereocenters. The summed E-state index contributed by atoms with van der Waals surface area (Å²) in [6.07, 6.45) is 1.80. The number of ether oxygens (including phenoxy) is 1. The Kier molecular flexibility index (Phi) is 10.5. The molecule has 0 heterocycles. The zero-order chi connectivity index (χ0) is 19.1. The standard InChI is InChI=1S/C18H31N3O3S.HI/c1-14(11-12-25(6,22)23)21-17(19-4)20-13-18(2,3)15-7-9-16(24-5)10-8-15;/h7-10,14H,11-13H2,1-6H3,(H2,19,20,21);1H. The van der Waals surface area contributed by atoms with Crippen molar-refractivity contribution in [2.45, 2.75) is 38.6 Å². The summed E-state index contributed by atoms with van der Waals surface area (Å²) < 4.78 is 27.7. The summed E-state index contributed by atoms with van der Waals surface area (Å²) in [4.78, 5) is 4.22. The molecule has 1 aromatic carbocycles. The first-order chi connectivity index (χ1) is 11.6. The van der Waals surface area contributed by atoms with Crippen molar-refractivity contribution < 1.29 is 13.2 Å². The van der Waals surface area contributed by atoms with E-state index < -0.39 is 9.84 Å². The van der Waals surface area contributed by atoms with Crippen LogP contribution in [0.2, 0.25) is 0 Å². The van der Waals surface area contributed by atoms with E-state index in [9.17, 15) is 8.42 Å². The third kappa shape index (κ3) is 9.07. The zero-order valence-corrected chi connectivity index (χ0v) is 19.6. The fourth-order valence-electron chi connectivity index (χ4n) is 2.34. The second-order valence-electron chi connectivity index (χ2n) is 7.00. The fraction of sp³-hybridized carbons (Fsp3) is 0.611. The Labute approximate surface area is 175 Å². The Morgan fingerprint density at radius 1 is 1.27 bits per heavy atom. The predicted molar refractivity (Wildman–Crippen MR) is 120 cm³/mol. The van der Waals surface area contributed by atoms with Crippen LogP contribution in [-0.2, 0) is 15.3 Å². The van der Waals surface area contributed by atoms with Crippen LogP contribution in [0, 0.1) is 0 Å². The first-order valence-electron chi connectivity index (χ1n) is 8.37. The Morgan fingerprint density at radius 3 is 2.31 bits per heavy atom. The minimum atomic E-state index is -2.95. The maximum absolute atomic E-state index is 11.3. The highest BCUT2D eigenvalue weighted by Crippen LogP contribution is 2.24. The first-order valence-corrected chi connectivity index (χ1v) is 10.4. The Morgan fingerprint density at radius 2 is 1.85 bits per heavy atom. The van der Waals surface area contributed by atoms with Crippen molar-refractivity contribution in [3.8, 4) is 5.75 Å². The van der Waals surface area contributed by atoms with Crippen LogP contribution < -0.4 is 15.4 Å². The van der Waals surface area contributed by atoms with Crippen molar-refractivity contribution in [3.05, 3.63) is 29.8 Å². The van der Waals surface area contributed by atoms with Gasteiger partial charge in [0.25, 0.3) is 0 Å². The van der Waals surface area contributed by atoms with Gasteiger partial charge in [-0.1, -0.05) is 26.0 Å². The lowest BCUT2D eigenvalue weighted by atomic mass is 9.84. The SMILES string of the molecule is CN=C(NCC(C)(C)c1ccc(OC)cc1)NC(C)CCS(C)(=O)=O.I. The fourth-order valence-corrected chi connectivity index (χ4v) is 3.12. The molecule has 1 aromatic rings. The van der Waals surface area contributed by atoms with Gasteiger partial charge in [0.15, 0.2) is 5.96 Å². The van der Waals surface area contributed by atoms with E-state index in [1.807, 2.05) is 19.1 Å². The number of nitrogens with zero attached hydrogens (tertiary/aromatic N) is 1. The lowest BCUT2D eigenvalue weighted by Gasteiger charge is -2.27. The molecule has 0 aliphatic carbocycles. The van der Waals surface area contributed by atoms with Crippen molar-refractivity contribution >= 4 is 39.8 Å². The van der Waals surface area contributed by atoms with E-state index in [1.165, 1.54) is 11.8 Å². The van der Waals surface area contributed by atoms with Crippen LogP contribution in [0.25, 0.3) is 0 Å². The van der Waals surface area contributed by atoms with Crippen LogP contribution in [0.1, 0.15) is 32.8 Å². The summed E-state index contributed by atoms with van der Waals surface area (Å²) in [7, 11) is 0.413. The highest BCUT2D eigenvalue weighted by molar-refractivity contribution is 14.0. The Bertz CT molecular complexity index is 673. The number of halogens is 1. The van der Waals surface area contributed by atoms with E-state index in [4.69, 9.17) is 4.74 Å². The number of benzene rings is 1. The number of sulfone groups is 1. The summed E-state index contributed by atoms with van der Waals surface area (Å²) in [5, 5.41) is 6.56. The van der Waals surface area contributed by atoms with Gasteiger partial charge in [0, 0.05) is 31.3 Å². The summed E-state index contributed by atoms with van der Waals surface area (Å²) in [6.45, 7) is 6.95. The maximum Gasteiger partial charge on any atom is 0.191 e. The van der Waals surface area contributed by atoms with Gasteiger partial charge >= 0.3 is 0 Å². The highest BCUT2D eigenvalue weighted by Gasteiger charge is 2.21. The average Bonchev–Trinajstić information content (AvgIpc) is 2.56. The van der Waals surface area contributed by atoms with Gasteiger partial charge in [-0.2, -0.15) is 0 Å². The first kappa shape index (κ1) is 25.0. The van der Waals surface area contributed by atoms with E-state index >= 15 is 0 Å². The molecule has 6 nitrogen and oxygen atoms in total. The van der Waals surface area contributed by atoms with Gasteiger partial charge in [-0.15, -0.1) is 24.0 Å². The third-order valence-electron chi connectivity index (χ3n) is 4.10. The van der Waals surface area contributed by atoms with Crippen LogP contribution >= 0.6 is 24.0 Å². The summed E-state index contributed by atoms with van der Waals surface area (Å²) in [6, 6.07) is 8.05. The van der Waals surface area contributed by atoms with E-state index in [-0.39, 0.29) is 41.2 Å². The smallest absolute Gasteiger partial charge is 0.191 e. The van der Waals surface area contributed by atoms with E-state index in [0.717, 1.165) is 5.75 Å². The molecule has 26 heavy (non-hydrogen) atoms. The van der Waals surface area contributed by atoms with Gasteiger partial charge in [0.05, 0.1) is 12.9 Å². The van der Waals surface area contributed by atoms with Crippen molar-refractivity contribution in [2.24, 2.45) is 4.99 Å². The number of nitrogens with one attached hydrogen (secondary N) is 2. The monoisotopic (exact) mass is 497 g/mol. The molecule has 1 unspecified atom stereocenters. The largest absolute Gasteiger partial charge is 0.497 e. The van der Waals surface area contributed by atoms with E-state index in [1.54, 1.807) is 14.2 Å². The number of hydrogen-bond acceptors (Lipinski definition) is 4. The molecule has 0 aliphatic heterocycles. The topological polar surface area (TPSA) is 79.8 Å². The van der Waals surface area contributed by atoms with Gasteiger partial charge in [0.1, 0.15) is 15.6 Å². The molecule has 2 N–H and O–H groups in total. The van der Waals surface area contributed by atoms with Gasteiger partial charge in [-0.3, -0.25) is 4.99 Å². The molecular formula is C18H32IN3O3S. The Balaban J connectivity index is 0.00000625. The zero-order valence-electron chi connectivity index (χ0n) is 16.5. The normalized spacial score (nSPS) is 13.5. The molecule has 0 spiro atoms. The molecule has 0 bridgehead atoms. The molecule has 0 amide bonds. The van der Waals surface area contributed by atoms with Gasteiger partial charge in [-0.25, -0.2) is 8.42 Å². The molecule has 0 aliphatic rings. The summed E-state index contributed by atoms with van der Waals surface area (Å²) >= 11 is 0. The molecule has 8 heteroatoms.